The van der Waals surface area contributed by atoms with Gasteiger partial charge in [0.25, 0.3) is 23.7 Å². The summed E-state index contributed by atoms with van der Waals surface area (Å²) in [7, 11) is 0. The van der Waals surface area contributed by atoms with Crippen molar-refractivity contribution in [2.45, 2.75) is 32.7 Å². The van der Waals surface area contributed by atoms with Crippen LogP contribution in [-0.4, -0.2) is 42.4 Å². The maximum Gasteiger partial charge on any atom is 0.261 e. The Morgan fingerprint density at radius 1 is 0.889 bits per heavy atom. The van der Waals surface area contributed by atoms with E-state index in [-0.39, 0.29) is 34.6 Å². The smallest absolute Gasteiger partial charge is 0.261 e. The van der Waals surface area contributed by atoms with Gasteiger partial charge in [-0.05, 0) is 29.8 Å². The standard InChI is InChI=1S/C27H24N6O3/c1-27(2,3)21-15-22(33(31-21)26-28-12-7-13-29-26)30-23(34)18-10-11-19-20(14-18)25(36)32(24(19)35)16-17-8-5-4-6-9-17/h4-15H,16H2,1-3H3,(H,30,34). The lowest BCUT2D eigenvalue weighted by molar-refractivity contribution is 0.0642. The van der Waals surface area contributed by atoms with Crippen LogP contribution in [-0.2, 0) is 12.0 Å². The number of rotatable bonds is 5. The fraction of sp³-hybridized carbons (Fsp3) is 0.185. The number of aromatic nitrogens is 4. The minimum absolute atomic E-state index is 0.167. The summed E-state index contributed by atoms with van der Waals surface area (Å²) in [6.07, 6.45) is 3.19. The predicted molar refractivity (Wildman–Crippen MR) is 133 cm³/mol. The topological polar surface area (TPSA) is 110 Å². The number of nitrogens with zero attached hydrogens (tertiary/aromatic N) is 5. The molecule has 0 unspecified atom stereocenters. The fourth-order valence-electron chi connectivity index (χ4n) is 3.92. The van der Waals surface area contributed by atoms with Crippen molar-refractivity contribution in [2.75, 3.05) is 5.32 Å². The van der Waals surface area contributed by atoms with Gasteiger partial charge in [0.2, 0.25) is 0 Å². The summed E-state index contributed by atoms with van der Waals surface area (Å²) in [5, 5.41) is 7.46. The molecular formula is C27H24N6O3. The summed E-state index contributed by atoms with van der Waals surface area (Å²) in [5.41, 5.74) is 2.05. The molecule has 0 saturated carbocycles. The first kappa shape index (κ1) is 23.1. The number of carbonyl (C=O) groups excluding carboxylic acids is 3. The van der Waals surface area contributed by atoms with Crippen molar-refractivity contribution >= 4 is 23.5 Å². The van der Waals surface area contributed by atoms with E-state index in [4.69, 9.17) is 0 Å². The third-order valence-corrected chi connectivity index (χ3v) is 5.88. The first-order valence-corrected chi connectivity index (χ1v) is 11.5. The van der Waals surface area contributed by atoms with Crippen LogP contribution in [0.25, 0.3) is 5.95 Å². The Morgan fingerprint density at radius 2 is 1.58 bits per heavy atom. The van der Waals surface area contributed by atoms with Gasteiger partial charge in [-0.1, -0.05) is 51.1 Å². The highest BCUT2D eigenvalue weighted by molar-refractivity contribution is 6.22. The molecule has 0 atom stereocenters. The summed E-state index contributed by atoms with van der Waals surface area (Å²) >= 11 is 0. The number of anilines is 1. The van der Waals surface area contributed by atoms with E-state index < -0.39 is 11.8 Å². The van der Waals surface area contributed by atoms with Crippen LogP contribution in [0.15, 0.2) is 73.1 Å². The second kappa shape index (κ2) is 8.84. The molecule has 0 fully saturated rings. The number of imide groups is 1. The molecule has 36 heavy (non-hydrogen) atoms. The van der Waals surface area contributed by atoms with Crippen LogP contribution < -0.4 is 5.32 Å². The highest BCUT2D eigenvalue weighted by Crippen LogP contribution is 2.28. The molecule has 180 valence electrons. The van der Waals surface area contributed by atoms with Crippen molar-refractivity contribution in [1.29, 1.82) is 0 Å². The first-order valence-electron chi connectivity index (χ1n) is 11.5. The van der Waals surface area contributed by atoms with Crippen LogP contribution in [0.4, 0.5) is 5.82 Å². The van der Waals surface area contributed by atoms with E-state index in [0.29, 0.717) is 11.8 Å². The lowest BCUT2D eigenvalue weighted by Gasteiger charge is -2.13. The van der Waals surface area contributed by atoms with Gasteiger partial charge < -0.3 is 5.32 Å². The third kappa shape index (κ3) is 4.26. The van der Waals surface area contributed by atoms with Gasteiger partial charge in [0.1, 0.15) is 5.82 Å². The molecule has 1 N–H and O–H groups in total. The number of nitrogens with one attached hydrogen (secondary N) is 1. The van der Waals surface area contributed by atoms with E-state index in [1.54, 1.807) is 24.5 Å². The molecule has 0 bridgehead atoms. The zero-order valence-electron chi connectivity index (χ0n) is 20.1. The Hall–Kier alpha value is -4.66. The van der Waals surface area contributed by atoms with Gasteiger partial charge in [-0.3, -0.25) is 19.3 Å². The van der Waals surface area contributed by atoms with Crippen molar-refractivity contribution in [3.8, 4) is 5.95 Å². The van der Waals surface area contributed by atoms with Crippen molar-refractivity contribution < 1.29 is 14.4 Å². The van der Waals surface area contributed by atoms with Gasteiger partial charge in [0, 0.05) is 29.4 Å². The number of carbonyl (C=O) groups is 3. The van der Waals surface area contributed by atoms with Gasteiger partial charge in [0.15, 0.2) is 0 Å². The molecule has 1 aliphatic rings. The van der Waals surface area contributed by atoms with Crippen molar-refractivity contribution in [2.24, 2.45) is 0 Å². The van der Waals surface area contributed by atoms with E-state index in [2.05, 4.69) is 20.4 Å². The monoisotopic (exact) mass is 480 g/mol. The predicted octanol–water partition coefficient (Wildman–Crippen LogP) is 4.01. The SMILES string of the molecule is CC(C)(C)c1cc(NC(=O)c2ccc3c(c2)C(=O)N(Cc2ccccc2)C3=O)n(-c2ncccn2)n1. The highest BCUT2D eigenvalue weighted by Gasteiger charge is 2.36. The maximum absolute atomic E-state index is 13.2. The Labute approximate surface area is 207 Å². The van der Waals surface area contributed by atoms with Gasteiger partial charge in [-0.15, -0.1) is 0 Å². The normalized spacial score (nSPS) is 13.1. The van der Waals surface area contributed by atoms with E-state index in [9.17, 15) is 14.4 Å². The van der Waals surface area contributed by atoms with Gasteiger partial charge >= 0.3 is 0 Å². The Bertz CT molecular complexity index is 1470. The molecular weight excluding hydrogens is 456 g/mol. The minimum Gasteiger partial charge on any atom is -0.306 e. The molecule has 0 radical (unpaired) electrons. The molecule has 1 aliphatic heterocycles. The van der Waals surface area contributed by atoms with Crippen LogP contribution in [0.1, 0.15) is 63.1 Å². The van der Waals surface area contributed by atoms with Gasteiger partial charge in [0.05, 0.1) is 23.4 Å². The van der Waals surface area contributed by atoms with Crippen LogP contribution in [0.2, 0.25) is 0 Å². The Morgan fingerprint density at radius 3 is 2.28 bits per heavy atom. The maximum atomic E-state index is 13.2. The van der Waals surface area contributed by atoms with Crippen molar-refractivity contribution in [3.05, 3.63) is 101 Å². The second-order valence-electron chi connectivity index (χ2n) is 9.52. The number of benzene rings is 2. The molecule has 3 heterocycles. The molecule has 2 aromatic carbocycles. The fourth-order valence-corrected chi connectivity index (χ4v) is 3.92. The summed E-state index contributed by atoms with van der Waals surface area (Å²) in [5.74, 6) is -0.539. The molecule has 0 aliphatic carbocycles. The molecule has 5 rings (SSSR count). The van der Waals surface area contributed by atoms with Gasteiger partial charge in [-0.2, -0.15) is 9.78 Å². The average molecular weight is 481 g/mol. The van der Waals surface area contributed by atoms with E-state index in [1.807, 2.05) is 51.1 Å². The summed E-state index contributed by atoms with van der Waals surface area (Å²) in [6, 6.07) is 17.3. The summed E-state index contributed by atoms with van der Waals surface area (Å²) < 4.78 is 1.47. The lowest BCUT2D eigenvalue weighted by Crippen LogP contribution is -2.29. The molecule has 2 aromatic heterocycles. The molecule has 0 saturated heterocycles. The van der Waals surface area contributed by atoms with Crippen LogP contribution in [0.5, 0.6) is 0 Å². The number of hydrogen-bond acceptors (Lipinski definition) is 6. The largest absolute Gasteiger partial charge is 0.306 e. The zero-order valence-corrected chi connectivity index (χ0v) is 20.1. The van der Waals surface area contributed by atoms with E-state index in [0.717, 1.165) is 11.3 Å². The molecule has 3 amide bonds. The highest BCUT2D eigenvalue weighted by atomic mass is 16.2. The first-order chi connectivity index (χ1) is 17.2. The minimum atomic E-state index is -0.447. The summed E-state index contributed by atoms with van der Waals surface area (Å²) in [6.45, 7) is 6.21. The Balaban J connectivity index is 1.43. The second-order valence-corrected chi connectivity index (χ2v) is 9.52. The van der Waals surface area contributed by atoms with Gasteiger partial charge in [-0.25, -0.2) is 9.97 Å². The zero-order chi connectivity index (χ0) is 25.4. The Kier molecular flexibility index (Phi) is 5.68. The lowest BCUT2D eigenvalue weighted by atomic mass is 9.92. The number of fused-ring (bicyclic) bond motifs is 1. The summed E-state index contributed by atoms with van der Waals surface area (Å²) in [4.78, 5) is 48.8. The number of hydrogen-bond donors (Lipinski definition) is 1. The van der Waals surface area contributed by atoms with Crippen molar-refractivity contribution in [3.63, 3.8) is 0 Å². The van der Waals surface area contributed by atoms with E-state index >= 15 is 0 Å². The van der Waals surface area contributed by atoms with Crippen LogP contribution >= 0.6 is 0 Å². The number of amides is 3. The molecule has 0 spiro atoms. The average Bonchev–Trinajstić information content (AvgIpc) is 3.40. The van der Waals surface area contributed by atoms with Crippen molar-refractivity contribution in [1.82, 2.24) is 24.6 Å². The molecule has 4 aromatic rings. The van der Waals surface area contributed by atoms with E-state index in [1.165, 1.54) is 27.8 Å². The van der Waals surface area contributed by atoms with Crippen LogP contribution in [0, 0.1) is 0 Å². The molecule has 9 heteroatoms. The third-order valence-electron chi connectivity index (χ3n) is 5.88. The van der Waals surface area contributed by atoms with Crippen LogP contribution in [0.3, 0.4) is 0 Å². The molecule has 9 nitrogen and oxygen atoms in total. The quantitative estimate of drug-likeness (QED) is 0.432.